The van der Waals surface area contributed by atoms with Gasteiger partial charge in [-0.25, -0.2) is 29.9 Å². The van der Waals surface area contributed by atoms with Crippen LogP contribution in [0.2, 0.25) is 0 Å². The van der Waals surface area contributed by atoms with E-state index in [9.17, 15) is 35.1 Å². The molecule has 2 amide bonds. The number of hydrogen-bond acceptors (Lipinski definition) is 18. The number of nitrogens with one attached hydrogen (secondary N) is 2. The average molecular weight is 1390 g/mol. The lowest BCUT2D eigenvalue weighted by Gasteiger charge is -2.37. The smallest absolute Gasteiger partial charge is 0.256 e. The molecule has 3 unspecified atom stereocenters. The number of rotatable bonds is 13. The zero-order chi connectivity index (χ0) is 62.7. The van der Waals surface area contributed by atoms with E-state index in [4.69, 9.17) is 17.0 Å². The van der Waals surface area contributed by atoms with Crippen LogP contribution in [0.25, 0.3) is 22.3 Å². The summed E-state index contributed by atoms with van der Waals surface area (Å²) in [5.74, 6) is -0.277. The summed E-state index contributed by atoms with van der Waals surface area (Å²) in [6.07, 6.45) is -4.75. The molecular formula is C58H63ClN10O10S9. The zero-order valence-electron chi connectivity index (χ0n) is 47.1. The molecule has 0 aliphatic carbocycles. The van der Waals surface area contributed by atoms with Crippen molar-refractivity contribution in [3.05, 3.63) is 204 Å². The lowest BCUT2D eigenvalue weighted by Crippen LogP contribution is -2.39. The van der Waals surface area contributed by atoms with Crippen LogP contribution in [-0.4, -0.2) is 133 Å². The monoisotopic (exact) mass is 1390 g/mol. The van der Waals surface area contributed by atoms with Crippen LogP contribution in [0.5, 0.6) is 0 Å². The largest absolute Gasteiger partial charge is 0.394 e. The maximum atomic E-state index is 12.8. The molecule has 11 rings (SSSR count). The van der Waals surface area contributed by atoms with E-state index in [0.717, 1.165) is 27.8 Å². The second kappa shape index (κ2) is 34.9. The molecule has 20 nitrogen and oxygen atoms in total. The molecule has 2 aliphatic heterocycles. The Hall–Kier alpha value is -5.91. The fourth-order valence-electron chi connectivity index (χ4n) is 9.27. The van der Waals surface area contributed by atoms with E-state index >= 15 is 0 Å². The summed E-state index contributed by atoms with van der Waals surface area (Å²) in [7, 11) is 10.9. The van der Waals surface area contributed by atoms with Crippen LogP contribution < -0.4 is 10.6 Å². The molecule has 7 N–H and O–H groups in total. The predicted octanol–water partition coefficient (Wildman–Crippen LogP) is 7.12. The van der Waals surface area contributed by atoms with Crippen molar-refractivity contribution in [1.82, 2.24) is 39.0 Å². The number of hydrogen-bond donors (Lipinski definition) is 7. The number of nitrogens with zero attached hydrogens (tertiary/aromatic N) is 8. The van der Waals surface area contributed by atoms with E-state index in [0.29, 0.717) is 33.5 Å². The Balaban J connectivity index is 0.000000257. The standard InChI is InChI=1S/C38H35N5O5.C17H17N5O5.CH3Cl.2CH4.S9/c1-24-13-17-28(18-14-24)38(27-11-7-4-8-12-27,29-19-15-25(2)16-20-29)47-21-30-32(44)33(45)37(48-30)43-23-41-31-34(39-22-40-35(31)43)42-36(46)26-9-5-3-6-10-26;23-6-10-12(24)13(25)17(27-10)22-8-20-11-14(18-7-19-15(11)22)21-16(26)9-4-2-1-3-5-9;1-2;;;1-3-5-7-9-8-6-4-2/h3-20,22-23,30,32-33,37,44-45H,21H2,1-2H3,(H,39,40,42,46);1-5,7-8,10,12-13,17,23-25H,6H2,(H,18,19,21,26);1H3;2*1H4;/t30-,32+,33?,37-;10-,12+,13?,17-;;;;/m11..../s1/i;;1TD;;;. The number of halogens is 1. The van der Waals surface area contributed by atoms with Gasteiger partial charge >= 0.3 is 0 Å². The topological polar surface area (TPSA) is 274 Å². The Kier molecular flexibility index (Phi) is 27.0. The van der Waals surface area contributed by atoms with Crippen molar-refractivity contribution >= 4 is 142 Å². The van der Waals surface area contributed by atoms with E-state index in [1.165, 1.54) is 52.2 Å². The van der Waals surface area contributed by atoms with Gasteiger partial charge in [0.15, 0.2) is 46.4 Å². The van der Waals surface area contributed by atoms with Gasteiger partial charge in [-0.3, -0.25) is 18.7 Å². The van der Waals surface area contributed by atoms with Crippen molar-refractivity contribution in [1.29, 1.82) is 0 Å². The third-order valence-corrected chi connectivity index (χ3v) is 26.7. The first-order valence-corrected chi connectivity index (χ1v) is 36.7. The Labute approximate surface area is 546 Å². The van der Waals surface area contributed by atoms with E-state index in [2.05, 4.69) is 98.8 Å². The number of carbonyl (C=O) groups excluding carboxylic acids is 2. The summed E-state index contributed by atoms with van der Waals surface area (Å²) in [6.45, 7) is 3.59. The van der Waals surface area contributed by atoms with Crippen LogP contribution in [-0.2, 0) is 104 Å². The molecule has 4 aromatic heterocycles. The summed E-state index contributed by atoms with van der Waals surface area (Å²) >= 11 is 13.9. The number of alkyl halides is 1. The van der Waals surface area contributed by atoms with Gasteiger partial charge in [0, 0.05) is 105 Å². The molecule has 0 spiro atoms. The third-order valence-electron chi connectivity index (χ3n) is 13.4. The van der Waals surface area contributed by atoms with Gasteiger partial charge in [0.1, 0.15) is 54.9 Å². The zero-order valence-corrected chi connectivity index (χ0v) is 53.2. The van der Waals surface area contributed by atoms with Crippen molar-refractivity contribution in [2.45, 2.75) is 83.4 Å². The number of aliphatic hydroxyl groups is 5. The van der Waals surface area contributed by atoms with E-state index in [1.807, 2.05) is 80.6 Å². The number of carbonyl (C=O) groups is 2. The van der Waals surface area contributed by atoms with Crippen LogP contribution >= 0.6 is 11.6 Å². The highest BCUT2D eigenvalue weighted by Crippen LogP contribution is 2.43. The molecule has 466 valence electrons. The first-order valence-electron chi connectivity index (χ1n) is 26.7. The molecule has 6 heterocycles. The lowest BCUT2D eigenvalue weighted by molar-refractivity contribution is -0.0942. The number of aryl methyl sites for hydroxylation is 2. The average Bonchev–Trinajstić information content (AvgIpc) is 0.854. The summed E-state index contributed by atoms with van der Waals surface area (Å²) in [5.41, 5.74) is 6.10. The normalized spacial score (nSPS) is 19.7. The van der Waals surface area contributed by atoms with E-state index in [-0.39, 0.29) is 44.9 Å². The molecule has 88 heavy (non-hydrogen) atoms. The second-order valence-electron chi connectivity index (χ2n) is 18.6. The molecule has 9 aromatic rings. The van der Waals surface area contributed by atoms with Gasteiger partial charge in [0.2, 0.25) is 0 Å². The fourth-order valence-corrected chi connectivity index (χ4v) is 23.0. The van der Waals surface area contributed by atoms with Gasteiger partial charge in [-0.2, -0.15) is 0 Å². The van der Waals surface area contributed by atoms with Gasteiger partial charge in [-0.1, -0.05) is 141 Å². The SMILES string of the molecule is C.C.Cc1ccc(C(OC[C@H]2O[C@@H](n3cnc4c(NC(=O)c5ccccc5)ncnc43)C(O)[C@H]2O)(c2ccccc2)c2ccc(C)cc2)cc1.O=C(Nc1ncnc2c1ncn2[C@@H]1O[C@H](CO)[C@H](O)C1O)c1ccccc1.S=S=S=S=S=S=S=S=S.[2H]C([3H])Cl. The molecule has 2 fully saturated rings. The number of amides is 2. The first kappa shape index (κ1) is 68.0. The molecule has 9 atom stereocenters. The summed E-state index contributed by atoms with van der Waals surface area (Å²) in [6, 6.07) is 43.8. The maximum absolute atomic E-state index is 12.8. The summed E-state index contributed by atoms with van der Waals surface area (Å²) in [4.78, 5) is 50.6. The van der Waals surface area contributed by atoms with Crippen LogP contribution in [0, 0.1) is 13.8 Å². The fraction of sp³-hybridized carbons (Fsp3) is 0.276. The first-order chi connectivity index (χ1) is 42.6. The number of imidazole rings is 2. The molecule has 2 saturated heterocycles. The van der Waals surface area contributed by atoms with Crippen LogP contribution in [0.3, 0.4) is 0 Å². The minimum Gasteiger partial charge on any atom is -0.394 e. The highest BCUT2D eigenvalue weighted by molar-refractivity contribution is 8.72. The van der Waals surface area contributed by atoms with Crippen molar-refractivity contribution in [3.8, 4) is 0 Å². The predicted molar refractivity (Wildman–Crippen MR) is 365 cm³/mol. The van der Waals surface area contributed by atoms with Gasteiger partial charge < -0.3 is 50.4 Å². The van der Waals surface area contributed by atoms with Gasteiger partial charge in [0.05, 0.1) is 25.9 Å². The van der Waals surface area contributed by atoms with Crippen molar-refractivity contribution in [2.24, 2.45) is 0 Å². The molecular weight excluding hydrogens is 1320 g/mol. The number of anilines is 2. The summed E-state index contributed by atoms with van der Waals surface area (Å²) in [5, 5.41) is 57.4. The Bertz CT molecular complexity index is 4060. The number of aliphatic hydroxyl groups excluding tert-OH is 5. The number of aromatic nitrogens is 8. The molecule has 5 aromatic carbocycles. The van der Waals surface area contributed by atoms with Crippen molar-refractivity contribution in [2.75, 3.05) is 30.2 Å². The molecule has 2 aliphatic rings. The third kappa shape index (κ3) is 16.9. The van der Waals surface area contributed by atoms with Crippen molar-refractivity contribution < 1.29 is 52.1 Å². The van der Waals surface area contributed by atoms with Crippen LogP contribution in [0.1, 0.15) is 78.6 Å². The Morgan fingerprint density at radius 2 is 0.977 bits per heavy atom. The lowest BCUT2D eigenvalue weighted by atomic mass is 9.79. The molecule has 0 bridgehead atoms. The second-order valence-corrected chi connectivity index (χ2v) is 31.0. The highest BCUT2D eigenvalue weighted by Gasteiger charge is 2.47. The highest BCUT2D eigenvalue weighted by atomic mass is 35.5. The summed E-state index contributed by atoms with van der Waals surface area (Å²) < 4.78 is 33.8. The molecule has 30 heteroatoms. The van der Waals surface area contributed by atoms with Crippen molar-refractivity contribution in [3.63, 3.8) is 0 Å². The minimum atomic E-state index is -1.32. The van der Waals surface area contributed by atoms with Crippen LogP contribution in [0.15, 0.2) is 165 Å². The number of fused-ring (bicyclic) bond motifs is 2. The minimum absolute atomic E-state index is 0. The quantitative estimate of drug-likeness (QED) is 0.0447. The van der Waals surface area contributed by atoms with Gasteiger partial charge in [-0.15, -0.1) is 11.6 Å². The van der Waals surface area contributed by atoms with Gasteiger partial charge in [-0.05, 0) is 54.8 Å². The molecule has 0 radical (unpaired) electrons. The van der Waals surface area contributed by atoms with E-state index < -0.39 is 67.6 Å². The Morgan fingerprint density at radius 3 is 1.38 bits per heavy atom. The number of benzene rings is 5. The van der Waals surface area contributed by atoms with E-state index in [1.54, 1.807) is 92.9 Å². The number of ether oxygens (including phenoxy) is 3. The molecule has 0 saturated carbocycles. The Morgan fingerprint density at radius 1 is 0.602 bits per heavy atom. The van der Waals surface area contributed by atoms with Gasteiger partial charge in [0.25, 0.3) is 11.8 Å². The maximum Gasteiger partial charge on any atom is 0.256 e. The van der Waals surface area contributed by atoms with Crippen LogP contribution in [0.4, 0.5) is 11.6 Å².